The zero-order valence-corrected chi connectivity index (χ0v) is 11.5. The summed E-state index contributed by atoms with van der Waals surface area (Å²) in [6.45, 7) is -0.612. The zero-order chi connectivity index (χ0) is 12.8. The molecular weight excluding hydrogens is 286 g/mol. The Morgan fingerprint density at radius 1 is 1.56 bits per heavy atom. The molecule has 1 atom stereocenters. The maximum absolute atomic E-state index is 12.1. The first-order valence-electron chi connectivity index (χ1n) is 5.02. The van der Waals surface area contributed by atoms with Crippen LogP contribution in [0.4, 0.5) is 8.78 Å². The van der Waals surface area contributed by atoms with Gasteiger partial charge in [-0.15, -0.1) is 23.7 Å². The summed E-state index contributed by atoms with van der Waals surface area (Å²) in [6.07, 6.45) is 0. The molecule has 0 radical (unpaired) electrons. The van der Waals surface area contributed by atoms with Crippen molar-refractivity contribution in [2.45, 2.75) is 19.6 Å². The molecule has 1 rings (SSSR count). The van der Waals surface area contributed by atoms with Gasteiger partial charge in [-0.05, 0) is 25.4 Å². The highest BCUT2D eigenvalue weighted by atomic mass is 35.5. The van der Waals surface area contributed by atoms with Crippen molar-refractivity contribution in [3.05, 3.63) is 16.3 Å². The number of hydrogen-bond acceptors (Lipinski definition) is 4. The molecule has 2 N–H and O–H groups in total. The second kappa shape index (κ2) is 8.23. The van der Waals surface area contributed by atoms with Gasteiger partial charge in [-0.2, -0.15) is 8.78 Å². The van der Waals surface area contributed by atoms with E-state index in [0.29, 0.717) is 6.54 Å². The topological polar surface area (TPSA) is 50.4 Å². The number of hydrogen-bond donors (Lipinski definition) is 2. The van der Waals surface area contributed by atoms with Gasteiger partial charge in [-0.1, -0.05) is 0 Å². The van der Waals surface area contributed by atoms with Gasteiger partial charge in [-0.25, -0.2) is 0 Å². The number of thiophene rings is 1. The number of halogens is 3. The van der Waals surface area contributed by atoms with Crippen LogP contribution in [0.5, 0.6) is 5.75 Å². The van der Waals surface area contributed by atoms with Crippen LogP contribution >= 0.6 is 23.7 Å². The number of rotatable bonds is 6. The molecule has 0 aromatic carbocycles. The van der Waals surface area contributed by atoms with Crippen LogP contribution in [0.3, 0.4) is 0 Å². The van der Waals surface area contributed by atoms with E-state index >= 15 is 0 Å². The van der Waals surface area contributed by atoms with Crippen molar-refractivity contribution in [3.63, 3.8) is 0 Å². The van der Waals surface area contributed by atoms with Crippen LogP contribution < -0.4 is 15.4 Å². The van der Waals surface area contributed by atoms with E-state index in [-0.39, 0.29) is 29.1 Å². The quantitative estimate of drug-likeness (QED) is 0.846. The van der Waals surface area contributed by atoms with Crippen LogP contribution in [0.2, 0.25) is 0 Å². The largest absolute Gasteiger partial charge is 0.433 e. The third-order valence-electron chi connectivity index (χ3n) is 2.11. The van der Waals surface area contributed by atoms with E-state index < -0.39 is 12.5 Å². The summed E-state index contributed by atoms with van der Waals surface area (Å²) >= 11 is 1.07. The van der Waals surface area contributed by atoms with Crippen LogP contribution in [-0.4, -0.2) is 32.2 Å². The fraction of sp³-hybridized carbons (Fsp3) is 0.500. The summed E-state index contributed by atoms with van der Waals surface area (Å²) in [5, 5.41) is 7.12. The highest BCUT2D eigenvalue weighted by molar-refractivity contribution is 7.12. The van der Waals surface area contributed by atoms with Crippen molar-refractivity contribution in [2.24, 2.45) is 0 Å². The van der Waals surface area contributed by atoms with Gasteiger partial charge >= 0.3 is 6.61 Å². The second-order valence-electron chi connectivity index (χ2n) is 3.39. The zero-order valence-electron chi connectivity index (χ0n) is 9.91. The standard InChI is InChI=1S/C10H14F2N2O2S.ClH/c1-6(13-2)5-14-9(15)8-7(3-4-17-8)16-10(11)12;/h3-4,6,10,13H,5H2,1-2H3,(H,14,15);1H. The molecule has 1 amide bonds. The van der Waals surface area contributed by atoms with E-state index in [2.05, 4.69) is 15.4 Å². The molecule has 1 unspecified atom stereocenters. The highest BCUT2D eigenvalue weighted by Crippen LogP contribution is 2.26. The molecule has 0 aliphatic rings. The number of amides is 1. The Morgan fingerprint density at radius 3 is 2.78 bits per heavy atom. The molecular formula is C10H15ClF2N2O2S. The van der Waals surface area contributed by atoms with E-state index in [9.17, 15) is 13.6 Å². The third kappa shape index (κ3) is 5.16. The normalized spacial score (nSPS) is 11.8. The average Bonchev–Trinajstić information content (AvgIpc) is 2.72. The lowest BCUT2D eigenvalue weighted by atomic mass is 10.3. The van der Waals surface area contributed by atoms with Gasteiger partial charge < -0.3 is 15.4 Å². The van der Waals surface area contributed by atoms with E-state index in [1.807, 2.05) is 6.92 Å². The third-order valence-corrected chi connectivity index (χ3v) is 3.01. The predicted octanol–water partition coefficient (Wildman–Crippen LogP) is 2.11. The van der Waals surface area contributed by atoms with Gasteiger partial charge in [0, 0.05) is 12.6 Å². The molecule has 104 valence electrons. The Morgan fingerprint density at radius 2 is 2.22 bits per heavy atom. The lowest BCUT2D eigenvalue weighted by Gasteiger charge is -2.11. The van der Waals surface area contributed by atoms with Gasteiger partial charge in [0.25, 0.3) is 5.91 Å². The highest BCUT2D eigenvalue weighted by Gasteiger charge is 2.17. The lowest BCUT2D eigenvalue weighted by Crippen LogP contribution is -2.37. The van der Waals surface area contributed by atoms with Gasteiger partial charge in [0.1, 0.15) is 10.6 Å². The molecule has 1 aromatic rings. The molecule has 1 aromatic heterocycles. The maximum Gasteiger partial charge on any atom is 0.387 e. The van der Waals surface area contributed by atoms with Crippen LogP contribution in [0.15, 0.2) is 11.4 Å². The van der Waals surface area contributed by atoms with Crippen molar-refractivity contribution >= 4 is 29.7 Å². The summed E-state index contributed by atoms with van der Waals surface area (Å²) < 4.78 is 28.3. The minimum absolute atomic E-state index is 0. The smallest absolute Gasteiger partial charge is 0.387 e. The lowest BCUT2D eigenvalue weighted by molar-refractivity contribution is -0.0498. The Kier molecular flexibility index (Phi) is 7.81. The number of nitrogens with one attached hydrogen (secondary N) is 2. The van der Waals surface area contributed by atoms with E-state index in [4.69, 9.17) is 0 Å². The van der Waals surface area contributed by atoms with Crippen molar-refractivity contribution in [1.29, 1.82) is 0 Å². The van der Waals surface area contributed by atoms with E-state index in [1.165, 1.54) is 11.4 Å². The van der Waals surface area contributed by atoms with Crippen molar-refractivity contribution in [3.8, 4) is 5.75 Å². The average molecular weight is 301 g/mol. The molecule has 0 saturated heterocycles. The molecule has 1 heterocycles. The van der Waals surface area contributed by atoms with Crippen LogP contribution in [0.1, 0.15) is 16.6 Å². The molecule has 18 heavy (non-hydrogen) atoms. The maximum atomic E-state index is 12.1. The Hall–Kier alpha value is -0.920. The minimum atomic E-state index is -2.92. The number of carbonyl (C=O) groups is 1. The summed E-state index contributed by atoms with van der Waals surface area (Å²) in [5.74, 6) is -0.489. The first-order valence-corrected chi connectivity index (χ1v) is 5.90. The van der Waals surface area contributed by atoms with Gasteiger partial charge in [0.05, 0.1) is 0 Å². The molecule has 8 heteroatoms. The first kappa shape index (κ1) is 17.1. The fourth-order valence-corrected chi connectivity index (χ4v) is 1.82. The van der Waals surface area contributed by atoms with Gasteiger partial charge in [0.2, 0.25) is 0 Å². The summed E-state index contributed by atoms with van der Waals surface area (Å²) in [5.41, 5.74) is 0. The number of alkyl halides is 2. The Balaban J connectivity index is 0.00000289. The number of ether oxygens (including phenoxy) is 1. The van der Waals surface area contributed by atoms with Gasteiger partial charge in [0.15, 0.2) is 0 Å². The Labute approximate surface area is 114 Å². The predicted molar refractivity (Wildman–Crippen MR) is 69.1 cm³/mol. The van der Waals surface area contributed by atoms with Crippen LogP contribution in [0, 0.1) is 0 Å². The molecule has 0 spiro atoms. The monoisotopic (exact) mass is 300 g/mol. The summed E-state index contributed by atoms with van der Waals surface area (Å²) in [4.78, 5) is 11.8. The first-order chi connectivity index (χ1) is 8.04. The Bertz CT molecular complexity index is 377. The molecule has 4 nitrogen and oxygen atoms in total. The minimum Gasteiger partial charge on any atom is -0.433 e. The molecule has 0 fully saturated rings. The van der Waals surface area contributed by atoms with Crippen molar-refractivity contribution < 1.29 is 18.3 Å². The van der Waals surface area contributed by atoms with Crippen LogP contribution in [0.25, 0.3) is 0 Å². The summed E-state index contributed by atoms with van der Waals surface area (Å²) in [6, 6.07) is 1.46. The second-order valence-corrected chi connectivity index (χ2v) is 4.31. The van der Waals surface area contributed by atoms with Crippen LogP contribution in [-0.2, 0) is 0 Å². The van der Waals surface area contributed by atoms with Crippen molar-refractivity contribution in [2.75, 3.05) is 13.6 Å². The number of carbonyl (C=O) groups excluding carboxylic acids is 1. The SMILES string of the molecule is CNC(C)CNC(=O)c1sccc1OC(F)F.Cl. The molecule has 0 aliphatic carbocycles. The fourth-order valence-electron chi connectivity index (χ4n) is 1.08. The van der Waals surface area contributed by atoms with Crippen molar-refractivity contribution in [1.82, 2.24) is 10.6 Å². The molecule has 0 aliphatic heterocycles. The molecule has 0 bridgehead atoms. The number of likely N-dealkylation sites (N-methyl/N-ethyl adjacent to an activating group) is 1. The summed E-state index contributed by atoms with van der Waals surface area (Å²) in [7, 11) is 1.77. The van der Waals surface area contributed by atoms with E-state index in [1.54, 1.807) is 7.05 Å². The molecule has 0 saturated carbocycles. The van der Waals surface area contributed by atoms with Gasteiger partial charge in [-0.3, -0.25) is 4.79 Å². The van der Waals surface area contributed by atoms with E-state index in [0.717, 1.165) is 11.3 Å².